The summed E-state index contributed by atoms with van der Waals surface area (Å²) in [4.78, 5) is 1.44. The molecule has 0 spiro atoms. The van der Waals surface area contributed by atoms with Crippen molar-refractivity contribution < 1.29 is 0 Å². The summed E-state index contributed by atoms with van der Waals surface area (Å²) in [5.74, 6) is 0.546. The Kier molecular flexibility index (Phi) is 3.31. The Morgan fingerprint density at radius 1 is 1.67 bits per heavy atom. The lowest BCUT2D eigenvalue weighted by Gasteiger charge is -2.07. The summed E-state index contributed by atoms with van der Waals surface area (Å²) in [6.07, 6.45) is 1.65. The first-order chi connectivity index (χ1) is 5.75. The van der Waals surface area contributed by atoms with Gasteiger partial charge in [0.05, 0.1) is 6.07 Å². The van der Waals surface area contributed by atoms with Crippen LogP contribution in [0.1, 0.15) is 36.1 Å². The molecule has 0 aliphatic carbocycles. The van der Waals surface area contributed by atoms with Crippen LogP contribution in [0.25, 0.3) is 0 Å². The van der Waals surface area contributed by atoms with E-state index in [1.165, 1.54) is 10.4 Å². The molecule has 0 bridgehead atoms. The zero-order valence-corrected chi connectivity index (χ0v) is 8.32. The van der Waals surface area contributed by atoms with E-state index in [9.17, 15) is 0 Å². The molecule has 64 valence electrons. The quantitative estimate of drug-likeness (QED) is 0.697. The third kappa shape index (κ3) is 2.09. The maximum atomic E-state index is 8.44. The van der Waals surface area contributed by atoms with Gasteiger partial charge >= 0.3 is 0 Å². The van der Waals surface area contributed by atoms with Crippen molar-refractivity contribution in [3.05, 3.63) is 21.9 Å². The highest BCUT2D eigenvalue weighted by Gasteiger charge is 2.08. The van der Waals surface area contributed by atoms with Crippen LogP contribution < -0.4 is 0 Å². The van der Waals surface area contributed by atoms with E-state index in [0.29, 0.717) is 12.3 Å². The summed E-state index contributed by atoms with van der Waals surface area (Å²) in [5.41, 5.74) is 1.37. The van der Waals surface area contributed by atoms with Gasteiger partial charge in [-0.1, -0.05) is 6.92 Å². The smallest absolute Gasteiger partial charge is 0.0621 e. The van der Waals surface area contributed by atoms with E-state index in [2.05, 4.69) is 31.4 Å². The van der Waals surface area contributed by atoms with Crippen molar-refractivity contribution in [2.45, 2.75) is 32.6 Å². The number of rotatable bonds is 3. The molecule has 1 atom stereocenters. The lowest BCUT2D eigenvalue weighted by molar-refractivity contribution is 0.704. The highest BCUT2D eigenvalue weighted by atomic mass is 32.1. The van der Waals surface area contributed by atoms with Gasteiger partial charge in [-0.25, -0.2) is 0 Å². The first-order valence-corrected chi connectivity index (χ1v) is 5.04. The Labute approximate surface area is 77.7 Å². The van der Waals surface area contributed by atoms with Gasteiger partial charge in [0.15, 0.2) is 0 Å². The average Bonchev–Trinajstić information content (AvgIpc) is 2.47. The van der Waals surface area contributed by atoms with Crippen molar-refractivity contribution >= 4 is 11.3 Å². The van der Waals surface area contributed by atoms with E-state index in [0.717, 1.165) is 6.42 Å². The SMILES string of the molecule is Cc1ccsc1C(C)CCC#N. The van der Waals surface area contributed by atoms with E-state index in [1.54, 1.807) is 11.3 Å². The number of hydrogen-bond donors (Lipinski definition) is 0. The van der Waals surface area contributed by atoms with E-state index in [-0.39, 0.29) is 0 Å². The van der Waals surface area contributed by atoms with Crippen LogP contribution in [0.2, 0.25) is 0 Å². The lowest BCUT2D eigenvalue weighted by atomic mass is 10.0. The fourth-order valence-electron chi connectivity index (χ4n) is 1.30. The van der Waals surface area contributed by atoms with Crippen LogP contribution in [0.4, 0.5) is 0 Å². The van der Waals surface area contributed by atoms with Crippen molar-refractivity contribution in [2.24, 2.45) is 0 Å². The minimum atomic E-state index is 0.546. The monoisotopic (exact) mass is 179 g/mol. The van der Waals surface area contributed by atoms with Gasteiger partial charge in [0.25, 0.3) is 0 Å². The summed E-state index contributed by atoms with van der Waals surface area (Å²) in [7, 11) is 0. The normalized spacial score (nSPS) is 12.4. The van der Waals surface area contributed by atoms with Crippen molar-refractivity contribution in [3.63, 3.8) is 0 Å². The molecule has 0 amide bonds. The molecule has 0 aliphatic rings. The molecular weight excluding hydrogens is 166 g/mol. The number of aryl methyl sites for hydroxylation is 1. The number of nitrogens with zero attached hydrogens (tertiary/aromatic N) is 1. The molecule has 0 N–H and O–H groups in total. The van der Waals surface area contributed by atoms with Crippen LogP contribution in [0.3, 0.4) is 0 Å². The maximum Gasteiger partial charge on any atom is 0.0621 e. The van der Waals surface area contributed by atoms with Gasteiger partial charge in [-0.05, 0) is 36.3 Å². The highest BCUT2D eigenvalue weighted by Crippen LogP contribution is 2.28. The van der Waals surface area contributed by atoms with Gasteiger partial charge in [-0.15, -0.1) is 11.3 Å². The van der Waals surface area contributed by atoms with Crippen molar-refractivity contribution in [1.82, 2.24) is 0 Å². The van der Waals surface area contributed by atoms with Gasteiger partial charge in [-0.3, -0.25) is 0 Å². The first kappa shape index (κ1) is 9.28. The second-order valence-corrected chi connectivity index (χ2v) is 4.01. The van der Waals surface area contributed by atoms with Crippen molar-refractivity contribution in [1.29, 1.82) is 5.26 Å². The third-order valence-corrected chi connectivity index (χ3v) is 3.29. The molecule has 1 aromatic heterocycles. The molecule has 0 saturated heterocycles. The fraction of sp³-hybridized carbons (Fsp3) is 0.500. The standard InChI is InChI=1S/C10H13NS/c1-8(4-3-6-11)10-9(2)5-7-12-10/h5,7-8H,3-4H2,1-2H3. The Morgan fingerprint density at radius 2 is 2.42 bits per heavy atom. The highest BCUT2D eigenvalue weighted by molar-refractivity contribution is 7.10. The zero-order valence-electron chi connectivity index (χ0n) is 7.50. The molecule has 12 heavy (non-hydrogen) atoms. The molecule has 0 aromatic carbocycles. The number of thiophene rings is 1. The summed E-state index contributed by atoms with van der Waals surface area (Å²) in [5, 5.41) is 10.6. The van der Waals surface area contributed by atoms with E-state index >= 15 is 0 Å². The molecule has 0 radical (unpaired) electrons. The predicted molar refractivity (Wildman–Crippen MR) is 52.3 cm³/mol. The summed E-state index contributed by atoms with van der Waals surface area (Å²) < 4.78 is 0. The van der Waals surface area contributed by atoms with Crippen LogP contribution >= 0.6 is 11.3 Å². The topological polar surface area (TPSA) is 23.8 Å². The average molecular weight is 179 g/mol. The van der Waals surface area contributed by atoms with Gasteiger partial charge in [0, 0.05) is 11.3 Å². The Hall–Kier alpha value is -0.810. The molecule has 2 heteroatoms. The molecule has 1 nitrogen and oxygen atoms in total. The van der Waals surface area contributed by atoms with Crippen LogP contribution in [0.15, 0.2) is 11.4 Å². The minimum absolute atomic E-state index is 0.546. The molecule has 0 aliphatic heterocycles. The Bertz CT molecular complexity index is 282. The van der Waals surface area contributed by atoms with E-state index in [4.69, 9.17) is 5.26 Å². The fourth-order valence-corrected chi connectivity index (χ4v) is 2.32. The Morgan fingerprint density at radius 3 is 2.92 bits per heavy atom. The van der Waals surface area contributed by atoms with Crippen molar-refractivity contribution in [3.8, 4) is 6.07 Å². The van der Waals surface area contributed by atoms with Crippen LogP contribution in [-0.4, -0.2) is 0 Å². The summed E-state index contributed by atoms with van der Waals surface area (Å²) in [6, 6.07) is 4.33. The van der Waals surface area contributed by atoms with Gasteiger partial charge in [-0.2, -0.15) is 5.26 Å². The van der Waals surface area contributed by atoms with Crippen LogP contribution in [0, 0.1) is 18.3 Å². The van der Waals surface area contributed by atoms with E-state index < -0.39 is 0 Å². The van der Waals surface area contributed by atoms with Crippen LogP contribution in [-0.2, 0) is 0 Å². The van der Waals surface area contributed by atoms with Crippen molar-refractivity contribution in [2.75, 3.05) is 0 Å². The summed E-state index contributed by atoms with van der Waals surface area (Å²) >= 11 is 1.80. The number of nitriles is 1. The molecular formula is C10H13NS. The van der Waals surface area contributed by atoms with Gasteiger partial charge in [0.1, 0.15) is 0 Å². The minimum Gasteiger partial charge on any atom is -0.198 e. The second kappa shape index (κ2) is 4.27. The maximum absolute atomic E-state index is 8.44. The molecule has 1 rings (SSSR count). The number of hydrogen-bond acceptors (Lipinski definition) is 2. The zero-order chi connectivity index (χ0) is 8.97. The third-order valence-electron chi connectivity index (χ3n) is 2.04. The van der Waals surface area contributed by atoms with Crippen LogP contribution in [0.5, 0.6) is 0 Å². The molecule has 1 aromatic rings. The summed E-state index contributed by atoms with van der Waals surface area (Å²) in [6.45, 7) is 4.32. The van der Waals surface area contributed by atoms with E-state index in [1.807, 2.05) is 0 Å². The second-order valence-electron chi connectivity index (χ2n) is 3.07. The molecule has 0 saturated carbocycles. The first-order valence-electron chi connectivity index (χ1n) is 4.16. The largest absolute Gasteiger partial charge is 0.198 e. The molecule has 1 unspecified atom stereocenters. The Balaban J connectivity index is 2.60. The van der Waals surface area contributed by atoms with Gasteiger partial charge < -0.3 is 0 Å². The van der Waals surface area contributed by atoms with Gasteiger partial charge in [0.2, 0.25) is 0 Å². The predicted octanol–water partition coefficient (Wildman–Crippen LogP) is 3.46. The molecule has 0 fully saturated rings. The molecule has 1 heterocycles. The lowest BCUT2D eigenvalue weighted by Crippen LogP contribution is -1.91.